The fourth-order valence-electron chi connectivity index (χ4n) is 2.58. The van der Waals surface area contributed by atoms with Gasteiger partial charge in [0.05, 0.1) is 6.61 Å². The second-order valence-corrected chi connectivity index (χ2v) is 7.75. The number of unbranched alkanes of at least 4 members (excludes halogenated alkanes) is 13. The van der Waals surface area contributed by atoms with Crippen LogP contribution in [-0.4, -0.2) is 17.4 Å². The molecule has 0 saturated carbocycles. The second-order valence-electron chi connectivity index (χ2n) is 6.38. The van der Waals surface area contributed by atoms with E-state index < -0.39 is 0 Å². The average molecular weight is 377 g/mol. The fraction of sp³-hybridized carbons (Fsp3) is 0.947. The first-order chi connectivity index (χ1) is 10.7. The van der Waals surface area contributed by atoms with E-state index in [4.69, 9.17) is 4.74 Å². The molecule has 0 aliphatic rings. The lowest BCUT2D eigenvalue weighted by Crippen LogP contribution is -2.14. The zero-order valence-electron chi connectivity index (χ0n) is 14.9. The molecule has 0 aliphatic carbocycles. The molecular weight excluding hydrogens is 340 g/mol. The molecule has 1 atom stereocenters. The molecule has 22 heavy (non-hydrogen) atoms. The van der Waals surface area contributed by atoms with Crippen LogP contribution >= 0.6 is 15.9 Å². The summed E-state index contributed by atoms with van der Waals surface area (Å²) in [6.45, 7) is 4.65. The first-order valence-corrected chi connectivity index (χ1v) is 10.4. The van der Waals surface area contributed by atoms with Gasteiger partial charge >= 0.3 is 5.97 Å². The smallest absolute Gasteiger partial charge is 0.319 e. The summed E-state index contributed by atoms with van der Waals surface area (Å²) >= 11 is 3.21. The van der Waals surface area contributed by atoms with Gasteiger partial charge in [0.1, 0.15) is 4.83 Å². The molecule has 0 bridgehead atoms. The largest absolute Gasteiger partial charge is 0.465 e. The summed E-state index contributed by atoms with van der Waals surface area (Å²) in [5, 5.41) is 0. The van der Waals surface area contributed by atoms with Gasteiger partial charge in [-0.15, -0.1) is 0 Å². The molecule has 0 aromatic rings. The quantitative estimate of drug-likeness (QED) is 0.168. The van der Waals surface area contributed by atoms with Crippen LogP contribution in [0, 0.1) is 0 Å². The van der Waals surface area contributed by atoms with Gasteiger partial charge < -0.3 is 4.74 Å². The second kappa shape index (κ2) is 17.3. The van der Waals surface area contributed by atoms with E-state index in [2.05, 4.69) is 22.9 Å². The summed E-state index contributed by atoms with van der Waals surface area (Å²) < 4.78 is 5.12. The number of alkyl halides is 1. The van der Waals surface area contributed by atoms with E-state index in [0.717, 1.165) is 6.42 Å². The molecule has 3 heteroatoms. The van der Waals surface area contributed by atoms with Crippen LogP contribution in [0.5, 0.6) is 0 Å². The minimum absolute atomic E-state index is 0.144. The number of hydrogen-bond acceptors (Lipinski definition) is 2. The Hall–Kier alpha value is -0.0500. The molecule has 2 nitrogen and oxygen atoms in total. The van der Waals surface area contributed by atoms with Gasteiger partial charge in [0, 0.05) is 0 Å². The minimum atomic E-state index is -0.181. The third kappa shape index (κ3) is 16.3. The summed E-state index contributed by atoms with van der Waals surface area (Å²) in [6, 6.07) is 0. The third-order valence-corrected chi connectivity index (χ3v) is 4.44. The van der Waals surface area contributed by atoms with Crippen molar-refractivity contribution in [2.24, 2.45) is 0 Å². The zero-order valence-corrected chi connectivity index (χ0v) is 16.5. The Labute approximate surface area is 146 Å². The summed E-state index contributed by atoms with van der Waals surface area (Å²) in [5.74, 6) is -0.144. The lowest BCUT2D eigenvalue weighted by atomic mass is 10.0. The lowest BCUT2D eigenvalue weighted by Gasteiger charge is -2.06. The predicted octanol–water partition coefficient (Wildman–Crippen LogP) is 6.79. The Balaban J connectivity index is 3.04. The summed E-state index contributed by atoms with van der Waals surface area (Å²) in [5.41, 5.74) is 0. The van der Waals surface area contributed by atoms with Gasteiger partial charge in [0.2, 0.25) is 0 Å². The van der Waals surface area contributed by atoms with E-state index in [0.29, 0.717) is 6.61 Å². The number of hydrogen-bond donors (Lipinski definition) is 0. The zero-order chi connectivity index (χ0) is 16.5. The van der Waals surface area contributed by atoms with Crippen molar-refractivity contribution in [1.29, 1.82) is 0 Å². The Morgan fingerprint density at radius 2 is 1.14 bits per heavy atom. The third-order valence-electron chi connectivity index (χ3n) is 4.07. The Morgan fingerprint density at radius 3 is 1.50 bits per heavy atom. The average Bonchev–Trinajstić information content (AvgIpc) is 2.50. The van der Waals surface area contributed by atoms with E-state index in [-0.39, 0.29) is 10.8 Å². The molecule has 0 radical (unpaired) electrons. The fourth-order valence-corrected chi connectivity index (χ4v) is 2.72. The van der Waals surface area contributed by atoms with Gasteiger partial charge in [-0.25, -0.2) is 0 Å². The van der Waals surface area contributed by atoms with E-state index in [1.807, 2.05) is 0 Å². The van der Waals surface area contributed by atoms with Gasteiger partial charge in [-0.1, -0.05) is 106 Å². The summed E-state index contributed by atoms with van der Waals surface area (Å²) in [6.07, 6.45) is 18.9. The maximum absolute atomic E-state index is 11.2. The van der Waals surface area contributed by atoms with Crippen LogP contribution in [0.3, 0.4) is 0 Å². The van der Waals surface area contributed by atoms with Gasteiger partial charge in [0.15, 0.2) is 0 Å². The van der Waals surface area contributed by atoms with Crippen molar-refractivity contribution < 1.29 is 9.53 Å². The van der Waals surface area contributed by atoms with Crippen LogP contribution in [0.15, 0.2) is 0 Å². The van der Waals surface area contributed by atoms with Crippen LogP contribution in [0.4, 0.5) is 0 Å². The molecule has 0 aromatic heterocycles. The molecule has 0 spiro atoms. The molecule has 0 saturated heterocycles. The first-order valence-electron chi connectivity index (χ1n) is 9.49. The summed E-state index contributed by atoms with van der Waals surface area (Å²) in [4.78, 5) is 11.0. The lowest BCUT2D eigenvalue weighted by molar-refractivity contribution is -0.142. The standard InChI is InChI=1S/C19H37BrO2/c1-3-4-5-6-7-8-9-10-11-12-13-14-15-16-17-22-19(21)18(2)20/h18H,3-17H2,1-2H3. The minimum Gasteiger partial charge on any atom is -0.465 e. The van der Waals surface area contributed by atoms with Gasteiger partial charge in [-0.05, 0) is 13.3 Å². The van der Waals surface area contributed by atoms with Crippen molar-refractivity contribution in [3.63, 3.8) is 0 Å². The molecule has 0 aliphatic heterocycles. The van der Waals surface area contributed by atoms with Crippen LogP contribution < -0.4 is 0 Å². The number of rotatable bonds is 16. The van der Waals surface area contributed by atoms with Crippen LogP contribution in [0.25, 0.3) is 0 Å². The van der Waals surface area contributed by atoms with Crippen molar-refractivity contribution >= 4 is 21.9 Å². The van der Waals surface area contributed by atoms with Gasteiger partial charge in [0.25, 0.3) is 0 Å². The first kappa shape index (κ1) is 21.9. The van der Waals surface area contributed by atoms with Crippen molar-refractivity contribution in [2.45, 2.75) is 109 Å². The molecule has 0 rings (SSSR count). The van der Waals surface area contributed by atoms with Crippen molar-refractivity contribution in [3.8, 4) is 0 Å². The molecule has 0 amide bonds. The molecule has 0 heterocycles. The Kier molecular flexibility index (Phi) is 17.3. The highest BCUT2D eigenvalue weighted by Crippen LogP contribution is 2.13. The SMILES string of the molecule is CCCCCCCCCCCCCCCCOC(=O)C(C)Br. The molecule has 0 aromatic carbocycles. The van der Waals surface area contributed by atoms with Gasteiger partial charge in [-0.3, -0.25) is 4.79 Å². The number of carbonyl (C=O) groups is 1. The van der Waals surface area contributed by atoms with E-state index >= 15 is 0 Å². The molecule has 0 N–H and O–H groups in total. The van der Waals surface area contributed by atoms with Crippen molar-refractivity contribution in [2.75, 3.05) is 6.61 Å². The van der Waals surface area contributed by atoms with Crippen LogP contribution in [0.2, 0.25) is 0 Å². The maximum Gasteiger partial charge on any atom is 0.319 e. The Bertz CT molecular complexity index is 242. The monoisotopic (exact) mass is 376 g/mol. The molecule has 132 valence electrons. The predicted molar refractivity (Wildman–Crippen MR) is 99.7 cm³/mol. The number of carbonyl (C=O) groups excluding carboxylic acids is 1. The van der Waals surface area contributed by atoms with E-state index in [9.17, 15) is 4.79 Å². The highest BCUT2D eigenvalue weighted by atomic mass is 79.9. The topological polar surface area (TPSA) is 26.3 Å². The number of esters is 1. The van der Waals surface area contributed by atoms with Crippen molar-refractivity contribution in [3.05, 3.63) is 0 Å². The normalized spacial score (nSPS) is 12.3. The number of ether oxygens (including phenoxy) is 1. The summed E-state index contributed by atoms with van der Waals surface area (Å²) in [7, 11) is 0. The van der Waals surface area contributed by atoms with E-state index in [1.165, 1.54) is 83.5 Å². The molecule has 1 unspecified atom stereocenters. The molecule has 0 fully saturated rings. The number of halogens is 1. The van der Waals surface area contributed by atoms with Crippen LogP contribution in [-0.2, 0) is 9.53 Å². The molecular formula is C19H37BrO2. The highest BCUT2D eigenvalue weighted by Gasteiger charge is 2.08. The maximum atomic E-state index is 11.2. The highest BCUT2D eigenvalue weighted by molar-refractivity contribution is 9.10. The van der Waals surface area contributed by atoms with Crippen LogP contribution in [0.1, 0.15) is 104 Å². The van der Waals surface area contributed by atoms with E-state index in [1.54, 1.807) is 6.92 Å². The van der Waals surface area contributed by atoms with Gasteiger partial charge in [-0.2, -0.15) is 0 Å². The van der Waals surface area contributed by atoms with Crippen molar-refractivity contribution in [1.82, 2.24) is 0 Å². The Morgan fingerprint density at radius 1 is 0.773 bits per heavy atom.